The number of carbonyl (C=O) groups is 3. The highest BCUT2D eigenvalue weighted by atomic mass is 16.5. The Labute approximate surface area is 182 Å². The van der Waals surface area contributed by atoms with E-state index in [1.54, 1.807) is 30.3 Å². The fourth-order valence-corrected chi connectivity index (χ4v) is 3.53. The third kappa shape index (κ3) is 4.77. The average Bonchev–Trinajstić information content (AvgIpc) is 3.04. The zero-order valence-electron chi connectivity index (χ0n) is 18.1. The normalized spacial score (nSPS) is 15.0. The summed E-state index contributed by atoms with van der Waals surface area (Å²) in [4.78, 5) is 40.1. The number of para-hydroxylation sites is 1. The fraction of sp³-hybridized carbons (Fsp3) is 0.292. The molecule has 2 aromatic carbocycles. The number of hydrogen-bond donors (Lipinski definition) is 0. The zero-order chi connectivity index (χ0) is 22.4. The van der Waals surface area contributed by atoms with Gasteiger partial charge in [-0.2, -0.15) is 0 Å². The second-order valence-electron chi connectivity index (χ2n) is 7.03. The lowest BCUT2D eigenvalue weighted by molar-refractivity contribution is -0.141. The maximum atomic E-state index is 13.2. The Balaban J connectivity index is 1.92. The lowest BCUT2D eigenvalue weighted by atomic mass is 10.1. The van der Waals surface area contributed by atoms with Crippen molar-refractivity contribution in [2.24, 2.45) is 0 Å². The number of benzene rings is 2. The molecule has 2 amide bonds. The topological polar surface area (TPSA) is 70.2 Å². The van der Waals surface area contributed by atoms with Crippen LogP contribution in [0.5, 0.6) is 0 Å². The molecule has 31 heavy (non-hydrogen) atoms. The molecular formula is C24H27N3O4. The van der Waals surface area contributed by atoms with E-state index in [1.165, 1.54) is 17.1 Å². The largest absolute Gasteiger partial charge is 0.469 e. The van der Waals surface area contributed by atoms with Crippen LogP contribution in [0.4, 0.5) is 11.4 Å². The molecule has 7 heteroatoms. The highest BCUT2D eigenvalue weighted by Gasteiger charge is 2.41. The third-order valence-corrected chi connectivity index (χ3v) is 5.22. The molecule has 0 bridgehead atoms. The highest BCUT2D eigenvalue weighted by Crippen LogP contribution is 2.28. The van der Waals surface area contributed by atoms with Gasteiger partial charge in [-0.1, -0.05) is 30.3 Å². The quantitative estimate of drug-likeness (QED) is 0.372. The third-order valence-electron chi connectivity index (χ3n) is 5.22. The molecule has 0 N–H and O–H groups in total. The number of ether oxygens (including phenoxy) is 1. The molecule has 0 unspecified atom stereocenters. The highest BCUT2D eigenvalue weighted by molar-refractivity contribution is 6.31. The molecule has 0 saturated carbocycles. The Kier molecular flexibility index (Phi) is 7.07. The van der Waals surface area contributed by atoms with Crippen LogP contribution in [0.2, 0.25) is 0 Å². The second-order valence-corrected chi connectivity index (χ2v) is 7.03. The average molecular weight is 421 g/mol. The summed E-state index contributed by atoms with van der Waals surface area (Å²) in [7, 11) is 1.29. The van der Waals surface area contributed by atoms with Crippen molar-refractivity contribution in [3.05, 3.63) is 65.7 Å². The Morgan fingerprint density at radius 1 is 0.968 bits per heavy atom. The molecule has 0 aromatic heterocycles. The minimum Gasteiger partial charge on any atom is -0.469 e. The van der Waals surface area contributed by atoms with Crippen LogP contribution in [0.1, 0.15) is 25.8 Å². The fourth-order valence-electron chi connectivity index (χ4n) is 3.53. The predicted molar refractivity (Wildman–Crippen MR) is 120 cm³/mol. The van der Waals surface area contributed by atoms with Gasteiger partial charge in [-0.15, -0.1) is 0 Å². The molecule has 1 heterocycles. The summed E-state index contributed by atoms with van der Waals surface area (Å²) < 4.78 is 4.69. The van der Waals surface area contributed by atoms with Crippen molar-refractivity contribution >= 4 is 35.2 Å². The van der Waals surface area contributed by atoms with Crippen LogP contribution in [0, 0.1) is 0 Å². The van der Waals surface area contributed by atoms with Gasteiger partial charge in [-0.3, -0.25) is 14.4 Å². The summed E-state index contributed by atoms with van der Waals surface area (Å²) in [5.74, 6) is -1.31. The lowest BCUT2D eigenvalue weighted by Gasteiger charge is -2.26. The van der Waals surface area contributed by atoms with Crippen molar-refractivity contribution in [3.8, 4) is 0 Å². The Bertz CT molecular complexity index is 966. The molecule has 162 valence electrons. The molecule has 2 aromatic rings. The van der Waals surface area contributed by atoms with Crippen molar-refractivity contribution < 1.29 is 19.1 Å². The van der Waals surface area contributed by atoms with E-state index >= 15 is 0 Å². The number of methoxy groups -OCH3 is 1. The maximum absolute atomic E-state index is 13.2. The molecule has 0 spiro atoms. The number of nitrogens with zero attached hydrogens (tertiary/aromatic N) is 3. The number of anilines is 2. The van der Waals surface area contributed by atoms with Gasteiger partial charge in [0.05, 0.1) is 25.8 Å². The molecule has 1 aliphatic rings. The number of hydrogen-bond acceptors (Lipinski definition) is 5. The first kappa shape index (κ1) is 22.1. The summed E-state index contributed by atoms with van der Waals surface area (Å²) in [6, 6.07) is 16.7. The van der Waals surface area contributed by atoms with Crippen LogP contribution in [0.25, 0.3) is 6.08 Å². The van der Waals surface area contributed by atoms with Gasteiger partial charge in [0.25, 0.3) is 11.8 Å². The summed E-state index contributed by atoms with van der Waals surface area (Å²) >= 11 is 0. The Morgan fingerprint density at radius 3 is 2.19 bits per heavy atom. The number of amides is 2. The van der Waals surface area contributed by atoms with Gasteiger partial charge >= 0.3 is 5.97 Å². The van der Waals surface area contributed by atoms with Crippen LogP contribution in [-0.2, 0) is 19.1 Å². The number of carbonyl (C=O) groups excluding carboxylic acids is 3. The smallest absolute Gasteiger partial charge is 0.307 e. The van der Waals surface area contributed by atoms with Gasteiger partial charge < -0.3 is 9.64 Å². The van der Waals surface area contributed by atoms with Gasteiger partial charge in [0.2, 0.25) is 0 Å². The molecule has 0 radical (unpaired) electrons. The minimum atomic E-state index is -0.447. The first-order valence-electron chi connectivity index (χ1n) is 10.3. The zero-order valence-corrected chi connectivity index (χ0v) is 18.1. The van der Waals surface area contributed by atoms with E-state index in [1.807, 2.05) is 30.3 Å². The van der Waals surface area contributed by atoms with Gasteiger partial charge in [-0.25, -0.2) is 10.0 Å². The van der Waals surface area contributed by atoms with Crippen molar-refractivity contribution in [3.63, 3.8) is 0 Å². The second kappa shape index (κ2) is 9.93. The summed E-state index contributed by atoms with van der Waals surface area (Å²) in [6.07, 6.45) is 1.59. The molecule has 1 saturated heterocycles. The predicted octanol–water partition coefficient (Wildman–Crippen LogP) is 3.27. The number of rotatable bonds is 8. The van der Waals surface area contributed by atoms with Crippen LogP contribution in [-0.4, -0.2) is 49.5 Å². The summed E-state index contributed by atoms with van der Waals surface area (Å²) in [6.45, 7) is 6.03. The van der Waals surface area contributed by atoms with Gasteiger partial charge in [0.15, 0.2) is 0 Å². The van der Waals surface area contributed by atoms with E-state index in [0.717, 1.165) is 24.3 Å². The van der Waals surface area contributed by atoms with E-state index in [9.17, 15) is 14.4 Å². The number of esters is 1. The van der Waals surface area contributed by atoms with Gasteiger partial charge in [-0.05, 0) is 49.8 Å². The monoisotopic (exact) mass is 421 g/mol. The number of hydrazine groups is 1. The van der Waals surface area contributed by atoms with Crippen molar-refractivity contribution in [1.29, 1.82) is 0 Å². The lowest BCUT2D eigenvalue weighted by Crippen LogP contribution is -2.42. The standard InChI is InChI=1S/C24H27N3O4/c1-4-25(5-2)19-13-11-18(12-14-19)17-21-23(29)26(16-15-22(28)31-3)27(24(21)30)20-9-7-6-8-10-20/h6-14,17H,4-5,15-16H2,1-3H3/b21-17-. The molecule has 3 rings (SSSR count). The first-order valence-corrected chi connectivity index (χ1v) is 10.3. The summed E-state index contributed by atoms with van der Waals surface area (Å²) in [5, 5.41) is 2.62. The molecule has 0 atom stereocenters. The molecule has 1 fully saturated rings. The SMILES string of the molecule is CCN(CC)c1ccc(/C=C2/C(=O)N(CCC(=O)OC)N(c3ccccc3)C2=O)cc1. The van der Waals surface area contributed by atoms with Crippen molar-refractivity contribution in [2.75, 3.05) is 36.7 Å². The van der Waals surface area contributed by atoms with Crippen LogP contribution in [0.15, 0.2) is 60.2 Å². The molecule has 1 aliphatic heterocycles. The van der Waals surface area contributed by atoms with Crippen LogP contribution >= 0.6 is 0 Å². The van der Waals surface area contributed by atoms with E-state index < -0.39 is 17.8 Å². The van der Waals surface area contributed by atoms with Crippen LogP contribution in [0.3, 0.4) is 0 Å². The van der Waals surface area contributed by atoms with E-state index in [4.69, 9.17) is 0 Å². The molecule has 0 aliphatic carbocycles. The van der Waals surface area contributed by atoms with Crippen molar-refractivity contribution in [1.82, 2.24) is 5.01 Å². The summed E-state index contributed by atoms with van der Waals surface area (Å²) in [5.41, 5.74) is 2.47. The van der Waals surface area contributed by atoms with E-state index in [2.05, 4.69) is 23.5 Å². The van der Waals surface area contributed by atoms with Gasteiger partial charge in [0.1, 0.15) is 5.57 Å². The molecule has 7 nitrogen and oxygen atoms in total. The Morgan fingerprint density at radius 2 is 1.61 bits per heavy atom. The molecular weight excluding hydrogens is 394 g/mol. The van der Waals surface area contributed by atoms with E-state index in [0.29, 0.717) is 5.69 Å². The maximum Gasteiger partial charge on any atom is 0.307 e. The van der Waals surface area contributed by atoms with Gasteiger partial charge in [0, 0.05) is 18.8 Å². The first-order chi connectivity index (χ1) is 15.0. The van der Waals surface area contributed by atoms with Crippen LogP contribution < -0.4 is 9.91 Å². The minimum absolute atomic E-state index is 0.00923. The van der Waals surface area contributed by atoms with E-state index in [-0.39, 0.29) is 18.5 Å². The van der Waals surface area contributed by atoms with Crippen molar-refractivity contribution in [2.45, 2.75) is 20.3 Å². The Hall–Kier alpha value is -3.61.